The van der Waals surface area contributed by atoms with Gasteiger partial charge in [0.15, 0.2) is 0 Å². The van der Waals surface area contributed by atoms with Crippen LogP contribution in [-0.4, -0.2) is 29.1 Å². The summed E-state index contributed by atoms with van der Waals surface area (Å²) in [6.45, 7) is 5.78. The van der Waals surface area contributed by atoms with E-state index in [1.807, 2.05) is 45.0 Å². The molecule has 5 nitrogen and oxygen atoms in total. The number of nitrogens with one attached hydrogen (secondary N) is 1. The van der Waals surface area contributed by atoms with Gasteiger partial charge in [0.05, 0.1) is 12.1 Å². The van der Waals surface area contributed by atoms with Crippen LogP contribution in [0.25, 0.3) is 0 Å². The SMILES string of the molecule is CC(C)Oc1ncccc1NC(=O)N(C)C(C)c1ccc(Cl)cc1. The second-order valence-electron chi connectivity index (χ2n) is 5.79. The van der Waals surface area contributed by atoms with Crippen LogP contribution in [0.1, 0.15) is 32.4 Å². The van der Waals surface area contributed by atoms with Crippen LogP contribution in [0.15, 0.2) is 42.6 Å². The highest BCUT2D eigenvalue weighted by Crippen LogP contribution is 2.25. The number of amides is 2. The summed E-state index contributed by atoms with van der Waals surface area (Å²) < 4.78 is 5.63. The van der Waals surface area contributed by atoms with Gasteiger partial charge in [-0.2, -0.15) is 0 Å². The zero-order valence-electron chi connectivity index (χ0n) is 14.3. The lowest BCUT2D eigenvalue weighted by Crippen LogP contribution is -2.33. The highest BCUT2D eigenvalue weighted by Gasteiger charge is 2.19. The number of pyridine rings is 1. The van der Waals surface area contributed by atoms with Gasteiger partial charge >= 0.3 is 6.03 Å². The van der Waals surface area contributed by atoms with Gasteiger partial charge in [-0.3, -0.25) is 0 Å². The van der Waals surface area contributed by atoms with E-state index in [-0.39, 0.29) is 18.2 Å². The van der Waals surface area contributed by atoms with Gasteiger partial charge in [0.1, 0.15) is 5.69 Å². The number of rotatable bonds is 5. The summed E-state index contributed by atoms with van der Waals surface area (Å²) in [5.41, 5.74) is 1.55. The van der Waals surface area contributed by atoms with Crippen molar-refractivity contribution in [3.8, 4) is 5.88 Å². The molecule has 1 aromatic carbocycles. The van der Waals surface area contributed by atoms with Crippen molar-refractivity contribution in [2.75, 3.05) is 12.4 Å². The maximum absolute atomic E-state index is 12.5. The first-order valence-corrected chi connectivity index (χ1v) is 8.17. The second kappa shape index (κ2) is 8.02. The summed E-state index contributed by atoms with van der Waals surface area (Å²) in [5, 5.41) is 3.52. The number of benzene rings is 1. The van der Waals surface area contributed by atoms with Gasteiger partial charge in [-0.05, 0) is 50.6 Å². The molecule has 1 aromatic heterocycles. The number of hydrogen-bond donors (Lipinski definition) is 1. The molecule has 0 aliphatic carbocycles. The number of carbonyl (C=O) groups excluding carboxylic acids is 1. The van der Waals surface area contributed by atoms with Crippen LogP contribution < -0.4 is 10.1 Å². The summed E-state index contributed by atoms with van der Waals surface area (Å²) in [6.07, 6.45) is 1.61. The van der Waals surface area contributed by atoms with Gasteiger partial charge in [0.2, 0.25) is 5.88 Å². The van der Waals surface area contributed by atoms with Crippen LogP contribution in [-0.2, 0) is 0 Å². The summed E-state index contributed by atoms with van der Waals surface area (Å²) >= 11 is 5.91. The molecule has 0 saturated heterocycles. The average molecular weight is 348 g/mol. The molecule has 0 aliphatic rings. The molecule has 2 aromatic rings. The Balaban J connectivity index is 2.10. The fourth-order valence-corrected chi connectivity index (χ4v) is 2.27. The van der Waals surface area contributed by atoms with E-state index in [1.165, 1.54) is 0 Å². The number of urea groups is 1. The summed E-state index contributed by atoms with van der Waals surface area (Å²) in [6, 6.07) is 10.6. The number of anilines is 1. The van der Waals surface area contributed by atoms with E-state index >= 15 is 0 Å². The number of nitrogens with zero attached hydrogens (tertiary/aromatic N) is 2. The fourth-order valence-electron chi connectivity index (χ4n) is 2.15. The fraction of sp³-hybridized carbons (Fsp3) is 0.333. The minimum absolute atomic E-state index is 0.0266. The molecule has 6 heteroatoms. The van der Waals surface area contributed by atoms with Crippen molar-refractivity contribution < 1.29 is 9.53 Å². The third-order valence-electron chi connectivity index (χ3n) is 3.61. The number of hydrogen-bond acceptors (Lipinski definition) is 3. The van der Waals surface area contributed by atoms with E-state index in [1.54, 1.807) is 30.3 Å². The number of halogens is 1. The first-order chi connectivity index (χ1) is 11.4. The van der Waals surface area contributed by atoms with Crippen LogP contribution in [0.3, 0.4) is 0 Å². The normalized spacial score (nSPS) is 11.9. The predicted octanol–water partition coefficient (Wildman–Crippen LogP) is 4.75. The van der Waals surface area contributed by atoms with Crippen LogP contribution in [0.2, 0.25) is 5.02 Å². The smallest absolute Gasteiger partial charge is 0.322 e. The molecule has 0 saturated carbocycles. The molecule has 0 radical (unpaired) electrons. The topological polar surface area (TPSA) is 54.5 Å². The standard InChI is InChI=1S/C18H22ClN3O2/c1-12(2)24-17-16(6-5-11-20-17)21-18(23)22(4)13(3)14-7-9-15(19)10-8-14/h5-13H,1-4H3,(H,21,23). The van der Waals surface area contributed by atoms with Crippen LogP contribution >= 0.6 is 11.6 Å². The van der Waals surface area contributed by atoms with Crippen molar-refractivity contribution in [1.82, 2.24) is 9.88 Å². The van der Waals surface area contributed by atoms with E-state index in [4.69, 9.17) is 16.3 Å². The second-order valence-corrected chi connectivity index (χ2v) is 6.23. The molecule has 0 aliphatic heterocycles. The minimum Gasteiger partial charge on any atom is -0.473 e. The van der Waals surface area contributed by atoms with Crippen LogP contribution in [0.5, 0.6) is 5.88 Å². The first-order valence-electron chi connectivity index (χ1n) is 7.79. The zero-order chi connectivity index (χ0) is 17.7. The van der Waals surface area contributed by atoms with Gasteiger partial charge in [-0.25, -0.2) is 9.78 Å². The van der Waals surface area contributed by atoms with Gasteiger partial charge in [-0.15, -0.1) is 0 Å². The van der Waals surface area contributed by atoms with E-state index < -0.39 is 0 Å². The maximum Gasteiger partial charge on any atom is 0.322 e. The molecule has 1 heterocycles. The largest absolute Gasteiger partial charge is 0.473 e. The molecule has 0 fully saturated rings. The summed E-state index contributed by atoms with van der Waals surface area (Å²) in [7, 11) is 1.74. The van der Waals surface area contributed by atoms with Crippen molar-refractivity contribution in [2.24, 2.45) is 0 Å². The van der Waals surface area contributed by atoms with Crippen molar-refractivity contribution >= 4 is 23.3 Å². The third kappa shape index (κ3) is 4.61. The molecular weight excluding hydrogens is 326 g/mol. The average Bonchev–Trinajstić information content (AvgIpc) is 2.55. The first kappa shape index (κ1) is 18.1. The van der Waals surface area contributed by atoms with E-state index in [0.29, 0.717) is 16.6 Å². The molecule has 2 amide bonds. The predicted molar refractivity (Wildman–Crippen MR) is 96.6 cm³/mol. The Morgan fingerprint density at radius 1 is 1.21 bits per heavy atom. The molecule has 24 heavy (non-hydrogen) atoms. The lowest BCUT2D eigenvalue weighted by molar-refractivity contribution is 0.207. The van der Waals surface area contributed by atoms with Gasteiger partial charge < -0.3 is 15.0 Å². The quantitative estimate of drug-likeness (QED) is 0.849. The molecular formula is C18H22ClN3O2. The Labute approximate surface area is 147 Å². The van der Waals surface area contributed by atoms with E-state index in [2.05, 4.69) is 10.3 Å². The van der Waals surface area contributed by atoms with Crippen molar-refractivity contribution in [3.63, 3.8) is 0 Å². The number of aromatic nitrogens is 1. The Morgan fingerprint density at radius 2 is 1.88 bits per heavy atom. The number of carbonyl (C=O) groups is 1. The Bertz CT molecular complexity index is 689. The molecule has 2 rings (SSSR count). The molecule has 1 unspecified atom stereocenters. The Hall–Kier alpha value is -2.27. The van der Waals surface area contributed by atoms with Crippen LogP contribution in [0, 0.1) is 0 Å². The molecule has 128 valence electrons. The van der Waals surface area contributed by atoms with E-state index in [9.17, 15) is 4.79 Å². The lowest BCUT2D eigenvalue weighted by atomic mass is 10.1. The van der Waals surface area contributed by atoms with Gasteiger partial charge in [0.25, 0.3) is 0 Å². The summed E-state index contributed by atoms with van der Waals surface area (Å²) in [5.74, 6) is 0.411. The molecule has 1 atom stereocenters. The van der Waals surface area contributed by atoms with Crippen molar-refractivity contribution in [3.05, 3.63) is 53.2 Å². The lowest BCUT2D eigenvalue weighted by Gasteiger charge is -2.26. The van der Waals surface area contributed by atoms with E-state index in [0.717, 1.165) is 5.56 Å². The van der Waals surface area contributed by atoms with Crippen molar-refractivity contribution in [1.29, 1.82) is 0 Å². The Kier molecular flexibility index (Phi) is 6.04. The molecule has 0 spiro atoms. The van der Waals surface area contributed by atoms with Gasteiger partial charge in [0, 0.05) is 18.3 Å². The monoisotopic (exact) mass is 347 g/mol. The van der Waals surface area contributed by atoms with Gasteiger partial charge in [-0.1, -0.05) is 23.7 Å². The molecule has 0 bridgehead atoms. The third-order valence-corrected chi connectivity index (χ3v) is 3.87. The van der Waals surface area contributed by atoms with Crippen molar-refractivity contribution in [2.45, 2.75) is 32.9 Å². The highest BCUT2D eigenvalue weighted by atomic mass is 35.5. The Morgan fingerprint density at radius 3 is 2.50 bits per heavy atom. The number of ether oxygens (including phenoxy) is 1. The minimum atomic E-state index is -0.237. The molecule has 1 N–H and O–H groups in total. The summed E-state index contributed by atoms with van der Waals surface area (Å²) in [4.78, 5) is 18.3. The zero-order valence-corrected chi connectivity index (χ0v) is 15.0. The van der Waals surface area contributed by atoms with Crippen LogP contribution in [0.4, 0.5) is 10.5 Å². The highest BCUT2D eigenvalue weighted by molar-refractivity contribution is 6.30. The maximum atomic E-state index is 12.5.